The number of hydrogen-bond donors (Lipinski definition) is 1. The van der Waals surface area contributed by atoms with Crippen molar-refractivity contribution in [2.45, 2.75) is 13.8 Å². The van der Waals surface area contributed by atoms with Crippen LogP contribution in [0.15, 0.2) is 46.9 Å². The molecule has 0 aliphatic carbocycles. The summed E-state index contributed by atoms with van der Waals surface area (Å²) in [5.41, 5.74) is 2.74. The van der Waals surface area contributed by atoms with Gasteiger partial charge < -0.3 is 14.8 Å². The minimum atomic E-state index is -0.599. The van der Waals surface area contributed by atoms with Crippen LogP contribution in [0.3, 0.4) is 0 Å². The predicted molar refractivity (Wildman–Crippen MR) is 95.1 cm³/mol. The van der Waals surface area contributed by atoms with Crippen molar-refractivity contribution in [3.05, 3.63) is 58.1 Å². The van der Waals surface area contributed by atoms with Gasteiger partial charge in [0.2, 0.25) is 0 Å². The second-order valence-electron chi connectivity index (χ2n) is 5.27. The fraction of sp³-hybridized carbons (Fsp3) is 0.222. The molecule has 5 nitrogen and oxygen atoms in total. The second kappa shape index (κ2) is 8.49. The Morgan fingerprint density at radius 2 is 1.75 bits per heavy atom. The van der Waals surface area contributed by atoms with Gasteiger partial charge in [0.05, 0.1) is 0 Å². The molecule has 0 unspecified atom stereocenters. The fourth-order valence-electron chi connectivity index (χ4n) is 1.88. The van der Waals surface area contributed by atoms with Crippen LogP contribution in [0.5, 0.6) is 5.75 Å². The van der Waals surface area contributed by atoms with Crippen LogP contribution in [0.2, 0.25) is 0 Å². The first-order valence-corrected chi connectivity index (χ1v) is 8.14. The van der Waals surface area contributed by atoms with E-state index in [0.29, 0.717) is 11.4 Å². The van der Waals surface area contributed by atoms with Crippen LogP contribution in [0.25, 0.3) is 0 Å². The molecule has 0 aromatic heterocycles. The Labute approximate surface area is 149 Å². The summed E-state index contributed by atoms with van der Waals surface area (Å²) in [5.74, 6) is -0.426. The third-order valence-corrected chi connectivity index (χ3v) is 4.07. The summed E-state index contributed by atoms with van der Waals surface area (Å²) >= 11 is 3.39. The Balaban J connectivity index is 1.73. The third-order valence-electron chi connectivity index (χ3n) is 3.18. The van der Waals surface area contributed by atoms with Gasteiger partial charge in [0.1, 0.15) is 5.75 Å². The largest absolute Gasteiger partial charge is 0.482 e. The summed E-state index contributed by atoms with van der Waals surface area (Å²) in [6.07, 6.45) is 0. The second-order valence-corrected chi connectivity index (χ2v) is 6.13. The zero-order valence-electron chi connectivity index (χ0n) is 13.5. The highest BCUT2D eigenvalue weighted by atomic mass is 79.9. The van der Waals surface area contributed by atoms with Crippen molar-refractivity contribution in [1.29, 1.82) is 0 Å². The third kappa shape index (κ3) is 5.70. The highest BCUT2D eigenvalue weighted by Crippen LogP contribution is 2.19. The number of hydrogen-bond acceptors (Lipinski definition) is 4. The van der Waals surface area contributed by atoms with Crippen LogP contribution in [0.1, 0.15) is 11.1 Å². The van der Waals surface area contributed by atoms with E-state index in [0.717, 1.165) is 15.6 Å². The summed E-state index contributed by atoms with van der Waals surface area (Å²) in [6, 6.07) is 12.7. The van der Waals surface area contributed by atoms with Gasteiger partial charge in [0.15, 0.2) is 13.2 Å². The molecule has 0 spiro atoms. The van der Waals surface area contributed by atoms with Gasteiger partial charge in [-0.05, 0) is 49.7 Å². The standard InChI is InChI=1S/C18H18BrNO4/c1-12-3-6-15(7-4-12)23-11-18(22)24-10-17(21)20-14-5-8-16(19)13(2)9-14/h3-9H,10-11H2,1-2H3,(H,20,21). The van der Waals surface area contributed by atoms with Crippen molar-refractivity contribution in [3.63, 3.8) is 0 Å². The molecule has 2 aromatic carbocycles. The van der Waals surface area contributed by atoms with Gasteiger partial charge in [-0.25, -0.2) is 4.79 Å². The number of carbonyl (C=O) groups excluding carboxylic acids is 2. The van der Waals surface area contributed by atoms with E-state index in [1.54, 1.807) is 18.2 Å². The first kappa shape index (κ1) is 18.0. The number of carbonyl (C=O) groups is 2. The summed E-state index contributed by atoms with van der Waals surface area (Å²) < 4.78 is 11.1. The van der Waals surface area contributed by atoms with Gasteiger partial charge in [-0.2, -0.15) is 0 Å². The normalized spacial score (nSPS) is 10.1. The first-order chi connectivity index (χ1) is 11.4. The van der Waals surface area contributed by atoms with Crippen LogP contribution >= 0.6 is 15.9 Å². The van der Waals surface area contributed by atoms with Crippen molar-refractivity contribution in [2.24, 2.45) is 0 Å². The molecule has 24 heavy (non-hydrogen) atoms. The van der Waals surface area contributed by atoms with E-state index in [9.17, 15) is 9.59 Å². The van der Waals surface area contributed by atoms with Crippen LogP contribution in [-0.4, -0.2) is 25.1 Å². The Morgan fingerprint density at radius 3 is 2.42 bits per heavy atom. The number of rotatable bonds is 6. The molecule has 2 aromatic rings. The van der Waals surface area contributed by atoms with Gasteiger partial charge in [-0.3, -0.25) is 4.79 Å². The number of nitrogens with one attached hydrogen (secondary N) is 1. The van der Waals surface area contributed by atoms with Gasteiger partial charge in [0.25, 0.3) is 5.91 Å². The molecule has 0 bridgehead atoms. The molecular weight excluding hydrogens is 374 g/mol. The van der Waals surface area contributed by atoms with Crippen LogP contribution < -0.4 is 10.1 Å². The molecule has 0 saturated heterocycles. The summed E-state index contributed by atoms with van der Waals surface area (Å²) in [7, 11) is 0. The molecule has 0 saturated carbocycles. The molecule has 0 aliphatic heterocycles. The lowest BCUT2D eigenvalue weighted by Crippen LogP contribution is -2.23. The van der Waals surface area contributed by atoms with Crippen molar-refractivity contribution in [1.82, 2.24) is 0 Å². The summed E-state index contributed by atoms with van der Waals surface area (Å²) in [6.45, 7) is 3.28. The molecule has 0 radical (unpaired) electrons. The average molecular weight is 392 g/mol. The monoisotopic (exact) mass is 391 g/mol. The zero-order chi connectivity index (χ0) is 17.5. The van der Waals surface area contributed by atoms with Crippen LogP contribution in [0, 0.1) is 13.8 Å². The minimum Gasteiger partial charge on any atom is -0.482 e. The molecule has 6 heteroatoms. The Hall–Kier alpha value is -2.34. The summed E-state index contributed by atoms with van der Waals surface area (Å²) in [5, 5.41) is 2.67. The van der Waals surface area contributed by atoms with E-state index in [1.165, 1.54) is 0 Å². The SMILES string of the molecule is Cc1ccc(OCC(=O)OCC(=O)Nc2ccc(Br)c(C)c2)cc1. The van der Waals surface area contributed by atoms with Crippen LogP contribution in [-0.2, 0) is 14.3 Å². The van der Waals surface area contributed by atoms with Crippen molar-refractivity contribution in [3.8, 4) is 5.75 Å². The quantitative estimate of drug-likeness (QED) is 0.763. The van der Waals surface area contributed by atoms with Gasteiger partial charge in [0, 0.05) is 10.2 Å². The van der Waals surface area contributed by atoms with E-state index >= 15 is 0 Å². The number of halogens is 1. The molecule has 0 fully saturated rings. The maximum atomic E-state index is 11.8. The average Bonchev–Trinajstić information content (AvgIpc) is 2.56. The Kier molecular flexibility index (Phi) is 6.37. The van der Waals surface area contributed by atoms with E-state index in [1.807, 2.05) is 38.1 Å². The zero-order valence-corrected chi connectivity index (χ0v) is 15.1. The number of ether oxygens (including phenoxy) is 2. The topological polar surface area (TPSA) is 64.6 Å². The highest BCUT2D eigenvalue weighted by molar-refractivity contribution is 9.10. The molecular formula is C18H18BrNO4. The first-order valence-electron chi connectivity index (χ1n) is 7.35. The molecule has 126 valence electrons. The Bertz CT molecular complexity index is 728. The van der Waals surface area contributed by atoms with Gasteiger partial charge >= 0.3 is 5.97 Å². The number of benzene rings is 2. The van der Waals surface area contributed by atoms with Crippen molar-refractivity contribution in [2.75, 3.05) is 18.5 Å². The highest BCUT2D eigenvalue weighted by Gasteiger charge is 2.09. The van der Waals surface area contributed by atoms with E-state index < -0.39 is 11.9 Å². The smallest absolute Gasteiger partial charge is 0.344 e. The van der Waals surface area contributed by atoms with E-state index in [2.05, 4.69) is 21.2 Å². The lowest BCUT2D eigenvalue weighted by molar-refractivity contribution is -0.149. The van der Waals surface area contributed by atoms with Crippen molar-refractivity contribution >= 4 is 33.5 Å². The molecule has 1 amide bonds. The maximum Gasteiger partial charge on any atom is 0.344 e. The van der Waals surface area contributed by atoms with E-state index in [4.69, 9.17) is 9.47 Å². The lowest BCUT2D eigenvalue weighted by atomic mass is 10.2. The van der Waals surface area contributed by atoms with Crippen molar-refractivity contribution < 1.29 is 19.1 Å². The minimum absolute atomic E-state index is 0.242. The summed E-state index contributed by atoms with van der Waals surface area (Å²) in [4.78, 5) is 23.4. The maximum absolute atomic E-state index is 11.8. The molecule has 0 aliphatic rings. The fourth-order valence-corrected chi connectivity index (χ4v) is 2.13. The molecule has 0 heterocycles. The predicted octanol–water partition coefficient (Wildman–Crippen LogP) is 3.63. The number of aryl methyl sites for hydroxylation is 2. The number of esters is 1. The van der Waals surface area contributed by atoms with Crippen LogP contribution in [0.4, 0.5) is 5.69 Å². The lowest BCUT2D eigenvalue weighted by Gasteiger charge is -2.09. The van der Waals surface area contributed by atoms with E-state index in [-0.39, 0.29) is 13.2 Å². The molecule has 1 N–H and O–H groups in total. The van der Waals surface area contributed by atoms with Gasteiger partial charge in [-0.1, -0.05) is 33.6 Å². The molecule has 0 atom stereocenters. The molecule has 2 rings (SSSR count). The number of amides is 1. The Morgan fingerprint density at radius 1 is 1.04 bits per heavy atom. The van der Waals surface area contributed by atoms with Gasteiger partial charge in [-0.15, -0.1) is 0 Å². The number of anilines is 1.